The lowest BCUT2D eigenvalue weighted by Gasteiger charge is -2.21. The summed E-state index contributed by atoms with van der Waals surface area (Å²) >= 11 is 7.37. The number of halogens is 1. The number of hydrogen-bond acceptors (Lipinski definition) is 4. The second kappa shape index (κ2) is 7.79. The van der Waals surface area contributed by atoms with Crippen molar-refractivity contribution in [3.8, 4) is 0 Å². The Morgan fingerprint density at radius 2 is 2.13 bits per heavy atom. The molecule has 0 spiro atoms. The molecule has 1 saturated carbocycles. The van der Waals surface area contributed by atoms with Gasteiger partial charge in [0.2, 0.25) is 0 Å². The fourth-order valence-corrected chi connectivity index (χ4v) is 3.75. The van der Waals surface area contributed by atoms with Gasteiger partial charge in [0.25, 0.3) is 5.91 Å². The van der Waals surface area contributed by atoms with E-state index in [2.05, 4.69) is 15.6 Å². The zero-order chi connectivity index (χ0) is 16.1. The molecule has 4 nitrogen and oxygen atoms in total. The lowest BCUT2D eigenvalue weighted by molar-refractivity contribution is 0.0939. The van der Waals surface area contributed by atoms with Crippen LogP contribution in [0, 0.1) is 5.92 Å². The van der Waals surface area contributed by atoms with Gasteiger partial charge in [0.05, 0.1) is 0 Å². The maximum absolute atomic E-state index is 12.2. The first-order valence-corrected chi connectivity index (χ1v) is 9.23. The third-order valence-electron chi connectivity index (χ3n) is 4.09. The molecular weight excluding hydrogens is 330 g/mol. The van der Waals surface area contributed by atoms with E-state index in [1.54, 1.807) is 5.38 Å². The molecule has 1 aromatic heterocycles. The van der Waals surface area contributed by atoms with Gasteiger partial charge in [-0.15, -0.1) is 11.3 Å². The lowest BCUT2D eigenvalue weighted by atomic mass is 9.89. The molecule has 6 heteroatoms. The molecule has 2 aromatic rings. The van der Waals surface area contributed by atoms with E-state index in [0.717, 1.165) is 12.2 Å². The highest BCUT2D eigenvalue weighted by atomic mass is 35.5. The van der Waals surface area contributed by atoms with Gasteiger partial charge in [-0.1, -0.05) is 36.9 Å². The fourth-order valence-electron chi connectivity index (χ4n) is 2.84. The van der Waals surface area contributed by atoms with Gasteiger partial charge in [0.15, 0.2) is 5.13 Å². The number of aromatic nitrogens is 1. The Kier molecular flexibility index (Phi) is 5.51. The molecule has 3 rings (SSSR count). The molecule has 1 aromatic carbocycles. The standard InChI is InChI=1S/C17H20ClN3OS/c18-13-7-4-8-14(9-13)20-17-21-15(11-23-17)16(22)19-10-12-5-2-1-3-6-12/h4,7-9,11-12H,1-3,5-6,10H2,(H,19,22)(H,20,21). The summed E-state index contributed by atoms with van der Waals surface area (Å²) in [5, 5.41) is 9.31. The molecule has 0 unspecified atom stereocenters. The number of nitrogens with one attached hydrogen (secondary N) is 2. The SMILES string of the molecule is O=C(NCC1CCCCC1)c1csc(Nc2cccc(Cl)c2)n1. The second-order valence-electron chi connectivity index (χ2n) is 5.89. The number of benzene rings is 1. The monoisotopic (exact) mass is 349 g/mol. The zero-order valence-electron chi connectivity index (χ0n) is 12.8. The summed E-state index contributed by atoms with van der Waals surface area (Å²) in [7, 11) is 0. The Balaban J connectivity index is 1.54. The molecule has 1 heterocycles. The Bertz CT molecular complexity index is 667. The quantitative estimate of drug-likeness (QED) is 0.811. The largest absolute Gasteiger partial charge is 0.350 e. The molecule has 0 saturated heterocycles. The minimum atomic E-state index is -0.0917. The van der Waals surface area contributed by atoms with Crippen LogP contribution in [0.3, 0.4) is 0 Å². The van der Waals surface area contributed by atoms with Crippen molar-refractivity contribution in [2.24, 2.45) is 5.92 Å². The second-order valence-corrected chi connectivity index (χ2v) is 7.18. The Morgan fingerprint density at radius 1 is 1.30 bits per heavy atom. The van der Waals surface area contributed by atoms with Crippen LogP contribution in [0.4, 0.5) is 10.8 Å². The number of thiazole rings is 1. The fraction of sp³-hybridized carbons (Fsp3) is 0.412. The number of amides is 1. The van der Waals surface area contributed by atoms with Gasteiger partial charge in [-0.3, -0.25) is 4.79 Å². The van der Waals surface area contributed by atoms with E-state index in [-0.39, 0.29) is 5.91 Å². The highest BCUT2D eigenvalue weighted by molar-refractivity contribution is 7.14. The van der Waals surface area contributed by atoms with Gasteiger partial charge in [0.1, 0.15) is 5.69 Å². The van der Waals surface area contributed by atoms with Crippen molar-refractivity contribution in [2.75, 3.05) is 11.9 Å². The van der Waals surface area contributed by atoms with Crippen molar-refractivity contribution in [1.29, 1.82) is 0 Å². The first-order valence-electron chi connectivity index (χ1n) is 7.97. The van der Waals surface area contributed by atoms with Gasteiger partial charge in [-0.2, -0.15) is 0 Å². The number of hydrogen-bond donors (Lipinski definition) is 2. The van der Waals surface area contributed by atoms with Crippen molar-refractivity contribution in [3.63, 3.8) is 0 Å². The topological polar surface area (TPSA) is 54.0 Å². The van der Waals surface area contributed by atoms with Gasteiger partial charge >= 0.3 is 0 Å². The van der Waals surface area contributed by atoms with Crippen molar-refractivity contribution >= 4 is 39.7 Å². The molecule has 0 atom stereocenters. The zero-order valence-corrected chi connectivity index (χ0v) is 14.4. The van der Waals surface area contributed by atoms with Crippen molar-refractivity contribution in [2.45, 2.75) is 32.1 Å². The molecule has 1 aliphatic rings. The average Bonchev–Trinajstić information content (AvgIpc) is 3.02. The molecule has 1 amide bonds. The molecule has 0 aliphatic heterocycles. The van der Waals surface area contributed by atoms with E-state index in [0.29, 0.717) is 21.8 Å². The third kappa shape index (κ3) is 4.69. The summed E-state index contributed by atoms with van der Waals surface area (Å²) in [4.78, 5) is 16.5. The van der Waals surface area contributed by atoms with Gasteiger partial charge in [-0.25, -0.2) is 4.98 Å². The maximum atomic E-state index is 12.2. The van der Waals surface area contributed by atoms with E-state index in [1.807, 2.05) is 24.3 Å². The normalized spacial score (nSPS) is 15.3. The number of anilines is 2. The number of carbonyl (C=O) groups excluding carboxylic acids is 1. The Hall–Kier alpha value is -1.59. The van der Waals surface area contributed by atoms with Gasteiger partial charge in [0, 0.05) is 22.6 Å². The summed E-state index contributed by atoms with van der Waals surface area (Å²) in [6, 6.07) is 7.43. The summed E-state index contributed by atoms with van der Waals surface area (Å²) in [6.07, 6.45) is 6.34. The van der Waals surface area contributed by atoms with Crippen molar-refractivity contribution < 1.29 is 4.79 Å². The number of nitrogens with zero attached hydrogens (tertiary/aromatic N) is 1. The van der Waals surface area contributed by atoms with Crippen LogP contribution in [0.25, 0.3) is 0 Å². The minimum absolute atomic E-state index is 0.0917. The van der Waals surface area contributed by atoms with E-state index in [1.165, 1.54) is 43.4 Å². The van der Waals surface area contributed by atoms with Crippen LogP contribution in [0.15, 0.2) is 29.6 Å². The van der Waals surface area contributed by atoms with E-state index in [4.69, 9.17) is 11.6 Å². The molecule has 2 N–H and O–H groups in total. The molecule has 23 heavy (non-hydrogen) atoms. The van der Waals surface area contributed by atoms with Crippen LogP contribution < -0.4 is 10.6 Å². The van der Waals surface area contributed by atoms with Crippen LogP contribution in [-0.2, 0) is 0 Å². The summed E-state index contributed by atoms with van der Waals surface area (Å²) < 4.78 is 0. The first kappa shape index (κ1) is 16.3. The van der Waals surface area contributed by atoms with Gasteiger partial charge in [-0.05, 0) is 37.0 Å². The van der Waals surface area contributed by atoms with Crippen molar-refractivity contribution in [1.82, 2.24) is 10.3 Å². The lowest BCUT2D eigenvalue weighted by Crippen LogP contribution is -2.30. The molecule has 0 bridgehead atoms. The third-order valence-corrected chi connectivity index (χ3v) is 5.08. The minimum Gasteiger partial charge on any atom is -0.350 e. The number of rotatable bonds is 5. The number of carbonyl (C=O) groups is 1. The highest BCUT2D eigenvalue weighted by Crippen LogP contribution is 2.24. The molecule has 1 aliphatic carbocycles. The Morgan fingerprint density at radius 3 is 2.91 bits per heavy atom. The average molecular weight is 350 g/mol. The van der Waals surface area contributed by atoms with E-state index >= 15 is 0 Å². The highest BCUT2D eigenvalue weighted by Gasteiger charge is 2.16. The van der Waals surface area contributed by atoms with E-state index in [9.17, 15) is 4.79 Å². The van der Waals surface area contributed by atoms with Crippen LogP contribution in [0.1, 0.15) is 42.6 Å². The summed E-state index contributed by atoms with van der Waals surface area (Å²) in [6.45, 7) is 0.757. The predicted octanol–water partition coefficient (Wildman–Crippen LogP) is 4.85. The molecular formula is C17H20ClN3OS. The summed E-state index contributed by atoms with van der Waals surface area (Å²) in [5.74, 6) is 0.529. The van der Waals surface area contributed by atoms with E-state index < -0.39 is 0 Å². The first-order chi connectivity index (χ1) is 11.2. The maximum Gasteiger partial charge on any atom is 0.270 e. The molecule has 122 valence electrons. The van der Waals surface area contributed by atoms with Crippen LogP contribution in [-0.4, -0.2) is 17.4 Å². The van der Waals surface area contributed by atoms with Gasteiger partial charge < -0.3 is 10.6 Å². The smallest absolute Gasteiger partial charge is 0.270 e. The Labute approximate surface area is 145 Å². The van der Waals surface area contributed by atoms with Crippen LogP contribution in [0.5, 0.6) is 0 Å². The predicted molar refractivity (Wildman–Crippen MR) is 95.8 cm³/mol. The van der Waals surface area contributed by atoms with Crippen LogP contribution in [0.2, 0.25) is 5.02 Å². The van der Waals surface area contributed by atoms with Crippen molar-refractivity contribution in [3.05, 3.63) is 40.4 Å². The summed E-state index contributed by atoms with van der Waals surface area (Å²) in [5.41, 5.74) is 1.33. The molecule has 1 fully saturated rings. The molecule has 0 radical (unpaired) electrons. The van der Waals surface area contributed by atoms with Crippen LogP contribution >= 0.6 is 22.9 Å².